The van der Waals surface area contributed by atoms with Gasteiger partial charge in [-0.15, -0.1) is 0 Å². The molecule has 2 aromatic carbocycles. The maximum Gasteiger partial charge on any atom is 0.274 e. The summed E-state index contributed by atoms with van der Waals surface area (Å²) in [4.78, 5) is 33.3. The van der Waals surface area contributed by atoms with Crippen molar-refractivity contribution in [3.63, 3.8) is 0 Å². The van der Waals surface area contributed by atoms with Crippen molar-refractivity contribution in [2.45, 2.75) is 38.9 Å². The number of hydrogen-bond donors (Lipinski definition) is 4. The van der Waals surface area contributed by atoms with Gasteiger partial charge in [-0.25, -0.2) is 0 Å². The number of ether oxygens (including phenoxy) is 1. The molecule has 5 rings (SSSR count). The van der Waals surface area contributed by atoms with E-state index < -0.39 is 0 Å². The quantitative estimate of drug-likeness (QED) is 0.189. The number of carbonyl (C=O) groups excluding carboxylic acids is 2. The van der Waals surface area contributed by atoms with Crippen molar-refractivity contribution in [1.29, 1.82) is 0 Å². The third-order valence-electron chi connectivity index (χ3n) is 7.55. The summed E-state index contributed by atoms with van der Waals surface area (Å²) in [6, 6.07) is 17.3. The van der Waals surface area contributed by atoms with E-state index in [-0.39, 0.29) is 17.9 Å². The fourth-order valence-corrected chi connectivity index (χ4v) is 5.54. The number of amides is 2. The molecule has 0 bridgehead atoms. The molecule has 1 aliphatic heterocycles. The molecule has 1 saturated heterocycles. The number of benzene rings is 2. The minimum absolute atomic E-state index is 0.107. The summed E-state index contributed by atoms with van der Waals surface area (Å²) >= 11 is 7.00. The van der Waals surface area contributed by atoms with Crippen LogP contribution in [0.4, 0.5) is 5.69 Å². The first kappa shape index (κ1) is 30.2. The molecule has 0 aliphatic carbocycles. The van der Waals surface area contributed by atoms with Gasteiger partial charge in [0.15, 0.2) is 0 Å². The van der Waals surface area contributed by atoms with E-state index >= 15 is 0 Å². The van der Waals surface area contributed by atoms with Crippen LogP contribution >= 0.6 is 11.6 Å². The van der Waals surface area contributed by atoms with Gasteiger partial charge in [-0.05, 0) is 61.3 Å². The van der Waals surface area contributed by atoms with Gasteiger partial charge in [0.1, 0.15) is 11.4 Å². The molecule has 9 nitrogen and oxygen atoms in total. The number of rotatable bonds is 11. The van der Waals surface area contributed by atoms with Crippen LogP contribution in [0.25, 0.3) is 22.4 Å². The van der Waals surface area contributed by atoms with Gasteiger partial charge in [0.25, 0.3) is 5.91 Å². The monoisotopic (exact) mass is 598 g/mol. The highest BCUT2D eigenvalue weighted by Crippen LogP contribution is 2.39. The van der Waals surface area contributed by atoms with Crippen molar-refractivity contribution in [3.05, 3.63) is 94.4 Å². The van der Waals surface area contributed by atoms with Crippen molar-refractivity contribution in [2.75, 3.05) is 26.0 Å². The van der Waals surface area contributed by atoms with Gasteiger partial charge >= 0.3 is 0 Å². The zero-order chi connectivity index (χ0) is 30.3. The van der Waals surface area contributed by atoms with E-state index in [2.05, 4.69) is 31.2 Å². The van der Waals surface area contributed by atoms with Crippen molar-refractivity contribution in [2.24, 2.45) is 0 Å². The Morgan fingerprint density at radius 2 is 1.95 bits per heavy atom. The molecule has 0 spiro atoms. The maximum absolute atomic E-state index is 13.0. The first-order chi connectivity index (χ1) is 20.9. The number of nitrogens with one attached hydrogen (secondary N) is 4. The number of nitrogens with zero attached hydrogens (tertiary/aromatic N) is 2. The highest BCUT2D eigenvalue weighted by Gasteiger charge is 2.21. The van der Waals surface area contributed by atoms with E-state index in [1.165, 1.54) is 0 Å². The second kappa shape index (κ2) is 13.8. The van der Waals surface area contributed by atoms with E-state index in [1.54, 1.807) is 25.6 Å². The first-order valence-corrected chi connectivity index (χ1v) is 14.6. The average molecular weight is 599 g/mol. The Morgan fingerprint density at radius 1 is 1.09 bits per heavy atom. The molecule has 3 heterocycles. The minimum atomic E-state index is -0.285. The Bertz CT molecular complexity index is 1630. The number of methoxy groups -OCH3 is 1. The van der Waals surface area contributed by atoms with E-state index in [0.717, 1.165) is 45.6 Å². The lowest BCUT2D eigenvalue weighted by Crippen LogP contribution is -2.35. The standard InChI is InChI=1S/C33H35ClN6O3/c1-20-25(5-4-6-27(20)40-33(42)28-11-7-21(16-35-2)17-38-28)26-13-14-37-32(31(26)34)22-8-9-23(29(15-22)43-3)18-36-19-24-10-12-30(41)39-24/h4-9,11,13-15,17,24,35-36H,10,12,16,18-19H2,1-3H3,(H,39,41)(H,40,42). The molecule has 4 aromatic rings. The van der Waals surface area contributed by atoms with Crippen molar-refractivity contribution in [1.82, 2.24) is 25.9 Å². The van der Waals surface area contributed by atoms with Crippen LogP contribution in [0.2, 0.25) is 5.02 Å². The van der Waals surface area contributed by atoms with Crippen molar-refractivity contribution >= 4 is 29.1 Å². The lowest BCUT2D eigenvalue weighted by atomic mass is 9.97. The molecule has 10 heteroatoms. The molecule has 1 atom stereocenters. The fraction of sp³-hybridized carbons (Fsp3) is 0.273. The second-order valence-electron chi connectivity index (χ2n) is 10.5. The topological polar surface area (TPSA) is 117 Å². The molecular weight excluding hydrogens is 564 g/mol. The van der Waals surface area contributed by atoms with Crippen molar-refractivity contribution < 1.29 is 14.3 Å². The zero-order valence-corrected chi connectivity index (χ0v) is 25.2. The summed E-state index contributed by atoms with van der Waals surface area (Å²) in [5, 5.41) is 12.9. The Kier molecular flexibility index (Phi) is 9.66. The number of aromatic nitrogens is 2. The lowest BCUT2D eigenvalue weighted by molar-refractivity contribution is -0.119. The molecule has 43 heavy (non-hydrogen) atoms. The molecular formula is C33H35ClN6O3. The summed E-state index contributed by atoms with van der Waals surface area (Å²) in [6.07, 6.45) is 4.86. The van der Waals surface area contributed by atoms with E-state index in [0.29, 0.717) is 48.2 Å². The summed E-state index contributed by atoms with van der Waals surface area (Å²) in [7, 11) is 3.50. The van der Waals surface area contributed by atoms with Crippen LogP contribution in [0.3, 0.4) is 0 Å². The normalized spacial score (nSPS) is 14.4. The van der Waals surface area contributed by atoms with Crippen LogP contribution in [0.5, 0.6) is 5.75 Å². The molecule has 0 saturated carbocycles. The molecule has 1 fully saturated rings. The van der Waals surface area contributed by atoms with Crippen molar-refractivity contribution in [3.8, 4) is 28.1 Å². The Balaban J connectivity index is 1.35. The zero-order valence-electron chi connectivity index (χ0n) is 24.5. The molecule has 2 aromatic heterocycles. The van der Waals surface area contributed by atoms with Gasteiger partial charge in [-0.2, -0.15) is 0 Å². The van der Waals surface area contributed by atoms with Gasteiger partial charge in [0.2, 0.25) is 5.91 Å². The predicted octanol–water partition coefficient (Wildman–Crippen LogP) is 5.12. The highest BCUT2D eigenvalue weighted by molar-refractivity contribution is 6.35. The Labute approximate surface area is 256 Å². The molecule has 0 radical (unpaired) electrons. The fourth-order valence-electron chi connectivity index (χ4n) is 5.22. The summed E-state index contributed by atoms with van der Waals surface area (Å²) in [6.45, 7) is 3.93. The van der Waals surface area contributed by atoms with Crippen LogP contribution in [-0.2, 0) is 17.9 Å². The van der Waals surface area contributed by atoms with Gasteiger partial charge in [0, 0.05) is 66.9 Å². The molecule has 1 unspecified atom stereocenters. The molecule has 1 aliphatic rings. The largest absolute Gasteiger partial charge is 0.496 e. The van der Waals surface area contributed by atoms with E-state index in [1.807, 2.05) is 62.5 Å². The number of carbonyl (C=O) groups is 2. The Hall–Kier alpha value is -4.31. The minimum Gasteiger partial charge on any atom is -0.496 e. The maximum atomic E-state index is 13.0. The van der Waals surface area contributed by atoms with Crippen LogP contribution in [0.1, 0.15) is 40.0 Å². The molecule has 222 valence electrons. The number of hydrogen-bond acceptors (Lipinski definition) is 7. The first-order valence-electron chi connectivity index (χ1n) is 14.2. The van der Waals surface area contributed by atoms with Crippen LogP contribution < -0.4 is 26.0 Å². The van der Waals surface area contributed by atoms with Crippen LogP contribution in [0, 0.1) is 6.92 Å². The SMILES string of the molecule is CNCc1ccc(C(=O)Nc2cccc(-c3ccnc(-c4ccc(CNCC5CCC(=O)N5)c(OC)c4)c3Cl)c2C)nc1. The third kappa shape index (κ3) is 7.02. The summed E-state index contributed by atoms with van der Waals surface area (Å²) in [5.41, 5.74) is 7.03. The molecule has 4 N–H and O–H groups in total. The van der Waals surface area contributed by atoms with Gasteiger partial charge in [-0.3, -0.25) is 19.6 Å². The predicted molar refractivity (Wildman–Crippen MR) is 169 cm³/mol. The third-order valence-corrected chi connectivity index (χ3v) is 7.93. The van der Waals surface area contributed by atoms with Gasteiger partial charge in [-0.1, -0.05) is 41.9 Å². The highest BCUT2D eigenvalue weighted by atomic mass is 35.5. The summed E-state index contributed by atoms with van der Waals surface area (Å²) < 4.78 is 5.70. The van der Waals surface area contributed by atoms with E-state index in [4.69, 9.17) is 16.3 Å². The Morgan fingerprint density at radius 3 is 2.67 bits per heavy atom. The van der Waals surface area contributed by atoms with Crippen LogP contribution in [-0.4, -0.2) is 48.5 Å². The number of pyridine rings is 2. The van der Waals surface area contributed by atoms with Gasteiger partial charge in [0.05, 0.1) is 17.8 Å². The molecule has 2 amide bonds. The number of halogens is 1. The summed E-state index contributed by atoms with van der Waals surface area (Å²) in [5.74, 6) is 0.542. The van der Waals surface area contributed by atoms with E-state index in [9.17, 15) is 9.59 Å². The lowest BCUT2D eigenvalue weighted by Gasteiger charge is -2.16. The number of anilines is 1. The van der Waals surface area contributed by atoms with Gasteiger partial charge < -0.3 is 26.0 Å². The van der Waals surface area contributed by atoms with Crippen LogP contribution in [0.15, 0.2) is 67.0 Å². The average Bonchev–Trinajstić information content (AvgIpc) is 3.44. The second-order valence-corrected chi connectivity index (χ2v) is 10.9. The smallest absolute Gasteiger partial charge is 0.274 e.